The lowest BCUT2D eigenvalue weighted by molar-refractivity contribution is -0.274. The number of halogens is 3. The summed E-state index contributed by atoms with van der Waals surface area (Å²) in [5, 5.41) is 8.77. The molecule has 0 atom stereocenters. The van der Waals surface area contributed by atoms with E-state index in [9.17, 15) is 21.6 Å². The van der Waals surface area contributed by atoms with Crippen LogP contribution < -0.4 is 9.46 Å². The van der Waals surface area contributed by atoms with E-state index in [2.05, 4.69) is 9.46 Å². The van der Waals surface area contributed by atoms with Gasteiger partial charge < -0.3 is 4.74 Å². The van der Waals surface area contributed by atoms with Crippen LogP contribution in [0.4, 0.5) is 18.9 Å². The zero-order valence-electron chi connectivity index (χ0n) is 11.3. The lowest BCUT2D eigenvalue weighted by Crippen LogP contribution is -2.18. The molecular weight excluding hydrogens is 333 g/mol. The first-order valence-corrected chi connectivity index (χ1v) is 7.57. The van der Waals surface area contributed by atoms with Gasteiger partial charge in [0.15, 0.2) is 0 Å². The van der Waals surface area contributed by atoms with Crippen LogP contribution in [0.1, 0.15) is 5.56 Å². The molecule has 0 saturated carbocycles. The molecule has 1 N–H and O–H groups in total. The fourth-order valence-corrected chi connectivity index (χ4v) is 2.79. The van der Waals surface area contributed by atoms with Crippen molar-refractivity contribution in [1.82, 2.24) is 0 Å². The lowest BCUT2D eigenvalue weighted by atomic mass is 10.2. The van der Waals surface area contributed by atoms with Gasteiger partial charge in [-0.1, -0.05) is 12.1 Å². The average Bonchev–Trinajstić information content (AvgIpc) is 2.45. The Morgan fingerprint density at radius 1 is 1.09 bits per heavy atom. The summed E-state index contributed by atoms with van der Waals surface area (Å²) in [6, 6.07) is 11.5. The Bertz CT molecular complexity index is 858. The van der Waals surface area contributed by atoms with Crippen molar-refractivity contribution in [2.75, 3.05) is 4.72 Å². The Labute approximate surface area is 130 Å². The SMILES string of the molecule is N#Cc1cccc(NS(=O)(=O)c2cccc(OC(F)(F)F)c2)c1. The highest BCUT2D eigenvalue weighted by Gasteiger charge is 2.31. The number of rotatable bonds is 4. The number of benzene rings is 2. The first-order chi connectivity index (χ1) is 10.7. The summed E-state index contributed by atoms with van der Waals surface area (Å²) < 4.78 is 66.8. The minimum Gasteiger partial charge on any atom is -0.406 e. The topological polar surface area (TPSA) is 79.2 Å². The molecule has 0 aliphatic rings. The number of hydrogen-bond donors (Lipinski definition) is 1. The quantitative estimate of drug-likeness (QED) is 0.925. The van der Waals surface area contributed by atoms with Crippen molar-refractivity contribution >= 4 is 15.7 Å². The smallest absolute Gasteiger partial charge is 0.406 e. The third-order valence-corrected chi connectivity index (χ3v) is 3.97. The van der Waals surface area contributed by atoms with Gasteiger partial charge in [-0.15, -0.1) is 13.2 Å². The molecule has 0 radical (unpaired) electrons. The highest BCUT2D eigenvalue weighted by atomic mass is 32.2. The largest absolute Gasteiger partial charge is 0.573 e. The van der Waals surface area contributed by atoms with E-state index in [0.29, 0.717) is 0 Å². The number of ether oxygens (including phenoxy) is 1. The molecule has 0 aromatic heterocycles. The van der Waals surface area contributed by atoms with Gasteiger partial charge in [-0.25, -0.2) is 8.42 Å². The van der Waals surface area contributed by atoms with Crippen LogP contribution >= 0.6 is 0 Å². The van der Waals surface area contributed by atoms with E-state index in [1.807, 2.05) is 6.07 Å². The molecule has 0 fully saturated rings. The molecule has 0 spiro atoms. The Morgan fingerprint density at radius 3 is 2.43 bits per heavy atom. The third-order valence-electron chi connectivity index (χ3n) is 2.59. The number of hydrogen-bond acceptors (Lipinski definition) is 4. The second kappa shape index (κ2) is 6.18. The van der Waals surface area contributed by atoms with E-state index in [1.165, 1.54) is 24.3 Å². The van der Waals surface area contributed by atoms with Crippen molar-refractivity contribution in [3.8, 4) is 11.8 Å². The monoisotopic (exact) mass is 342 g/mol. The summed E-state index contributed by atoms with van der Waals surface area (Å²) in [5.41, 5.74) is 0.352. The van der Waals surface area contributed by atoms with Gasteiger partial charge in [0.25, 0.3) is 10.0 Å². The molecule has 2 rings (SSSR count). The van der Waals surface area contributed by atoms with Crippen molar-refractivity contribution in [3.63, 3.8) is 0 Å². The molecule has 23 heavy (non-hydrogen) atoms. The van der Waals surface area contributed by atoms with Crippen LogP contribution in [0.2, 0.25) is 0 Å². The highest BCUT2D eigenvalue weighted by Crippen LogP contribution is 2.26. The first-order valence-electron chi connectivity index (χ1n) is 6.08. The fraction of sp³-hybridized carbons (Fsp3) is 0.0714. The van der Waals surface area contributed by atoms with Gasteiger partial charge >= 0.3 is 6.36 Å². The van der Waals surface area contributed by atoms with E-state index >= 15 is 0 Å². The van der Waals surface area contributed by atoms with E-state index in [0.717, 1.165) is 24.3 Å². The summed E-state index contributed by atoms with van der Waals surface area (Å²) in [4.78, 5) is -0.401. The molecule has 120 valence electrons. The summed E-state index contributed by atoms with van der Waals surface area (Å²) in [7, 11) is -4.12. The highest BCUT2D eigenvalue weighted by molar-refractivity contribution is 7.92. The van der Waals surface area contributed by atoms with Gasteiger partial charge in [0, 0.05) is 6.07 Å². The van der Waals surface area contributed by atoms with Crippen LogP contribution in [0.15, 0.2) is 53.4 Å². The van der Waals surface area contributed by atoms with Gasteiger partial charge in [0.1, 0.15) is 5.75 Å². The predicted molar refractivity (Wildman–Crippen MR) is 75.1 cm³/mol. The summed E-state index contributed by atoms with van der Waals surface area (Å²) in [6.07, 6.45) is -4.92. The number of sulfonamides is 1. The van der Waals surface area contributed by atoms with Crippen molar-refractivity contribution in [3.05, 3.63) is 54.1 Å². The van der Waals surface area contributed by atoms with Crippen LogP contribution in [-0.4, -0.2) is 14.8 Å². The molecule has 2 aromatic carbocycles. The first kappa shape index (κ1) is 16.6. The summed E-state index contributed by atoms with van der Waals surface area (Å²) >= 11 is 0. The van der Waals surface area contributed by atoms with E-state index in [-0.39, 0.29) is 11.3 Å². The second-order valence-corrected chi connectivity index (χ2v) is 6.00. The molecule has 0 saturated heterocycles. The van der Waals surface area contributed by atoms with E-state index in [4.69, 9.17) is 5.26 Å². The molecule has 0 aliphatic heterocycles. The Kier molecular flexibility index (Phi) is 4.47. The van der Waals surface area contributed by atoms with Gasteiger partial charge in [-0.3, -0.25) is 4.72 Å². The lowest BCUT2D eigenvalue weighted by Gasteiger charge is -2.11. The normalized spacial score (nSPS) is 11.6. The molecule has 0 amide bonds. The number of nitrogens with zero attached hydrogens (tertiary/aromatic N) is 1. The number of nitrogens with one attached hydrogen (secondary N) is 1. The molecule has 9 heteroatoms. The zero-order chi connectivity index (χ0) is 17.1. The van der Waals surface area contributed by atoms with Crippen LogP contribution in [0.3, 0.4) is 0 Å². The molecular formula is C14H9F3N2O3S. The van der Waals surface area contributed by atoms with Crippen LogP contribution in [0.25, 0.3) is 0 Å². The van der Waals surface area contributed by atoms with Crippen molar-refractivity contribution in [1.29, 1.82) is 5.26 Å². The predicted octanol–water partition coefficient (Wildman–Crippen LogP) is 3.26. The third kappa shape index (κ3) is 4.62. The molecule has 0 aliphatic carbocycles. The number of anilines is 1. The maximum atomic E-state index is 12.2. The van der Waals surface area contributed by atoms with E-state index < -0.39 is 27.0 Å². The fourth-order valence-electron chi connectivity index (χ4n) is 1.70. The number of alkyl halides is 3. The van der Waals surface area contributed by atoms with Crippen molar-refractivity contribution in [2.24, 2.45) is 0 Å². The van der Waals surface area contributed by atoms with Gasteiger partial charge in [-0.2, -0.15) is 5.26 Å². The maximum Gasteiger partial charge on any atom is 0.573 e. The molecule has 2 aromatic rings. The molecule has 0 heterocycles. The van der Waals surface area contributed by atoms with Crippen molar-refractivity contribution < 1.29 is 26.3 Å². The standard InChI is InChI=1S/C14H9F3N2O3S/c15-14(16,17)22-12-5-2-6-13(8-12)23(20,21)19-11-4-1-3-10(7-11)9-18/h1-8,19H. The number of nitriles is 1. The van der Waals surface area contributed by atoms with Crippen LogP contribution in [-0.2, 0) is 10.0 Å². The minimum absolute atomic E-state index is 0.117. The summed E-state index contributed by atoms with van der Waals surface area (Å²) in [6.45, 7) is 0. The zero-order valence-corrected chi connectivity index (χ0v) is 12.1. The van der Waals surface area contributed by atoms with Gasteiger partial charge in [-0.05, 0) is 30.3 Å². The average molecular weight is 342 g/mol. The molecule has 0 unspecified atom stereocenters. The second-order valence-electron chi connectivity index (χ2n) is 4.32. The van der Waals surface area contributed by atoms with Crippen LogP contribution in [0, 0.1) is 11.3 Å². The Hall–Kier alpha value is -2.73. The maximum absolute atomic E-state index is 12.2. The summed E-state index contributed by atoms with van der Waals surface area (Å²) in [5.74, 6) is -0.647. The van der Waals surface area contributed by atoms with E-state index in [1.54, 1.807) is 0 Å². The Morgan fingerprint density at radius 2 is 1.78 bits per heavy atom. The minimum atomic E-state index is -4.92. The van der Waals surface area contributed by atoms with Gasteiger partial charge in [0.2, 0.25) is 0 Å². The molecule has 0 bridgehead atoms. The molecule has 5 nitrogen and oxygen atoms in total. The van der Waals surface area contributed by atoms with Crippen molar-refractivity contribution in [2.45, 2.75) is 11.3 Å². The van der Waals surface area contributed by atoms with Crippen LogP contribution in [0.5, 0.6) is 5.75 Å². The Balaban J connectivity index is 2.29. The van der Waals surface area contributed by atoms with Gasteiger partial charge in [0.05, 0.1) is 22.2 Å².